The van der Waals surface area contributed by atoms with Gasteiger partial charge in [-0.1, -0.05) is 6.42 Å². The summed E-state index contributed by atoms with van der Waals surface area (Å²) in [6.07, 6.45) is 6.68. The van der Waals surface area contributed by atoms with Crippen molar-refractivity contribution in [2.24, 2.45) is 7.05 Å². The molecule has 12 heavy (non-hydrogen) atoms. The van der Waals surface area contributed by atoms with Crippen LogP contribution in [-0.2, 0) is 7.05 Å². The minimum atomic E-state index is -0.175. The zero-order chi connectivity index (χ0) is 8.55. The van der Waals surface area contributed by atoms with E-state index < -0.39 is 0 Å². The molecule has 2 atom stereocenters. The summed E-state index contributed by atoms with van der Waals surface area (Å²) in [5, 5.41) is 9.63. The summed E-state index contributed by atoms with van der Waals surface area (Å²) in [4.78, 5) is 4.25. The molecule has 3 nitrogen and oxygen atoms in total. The van der Waals surface area contributed by atoms with Crippen LogP contribution in [-0.4, -0.2) is 20.8 Å². The zero-order valence-corrected chi connectivity index (χ0v) is 7.27. The van der Waals surface area contributed by atoms with Gasteiger partial charge >= 0.3 is 0 Å². The van der Waals surface area contributed by atoms with Crippen molar-refractivity contribution in [3.8, 4) is 0 Å². The van der Waals surface area contributed by atoms with E-state index in [1.54, 1.807) is 6.20 Å². The number of hydrogen-bond donors (Lipinski definition) is 1. The Morgan fingerprint density at radius 2 is 2.42 bits per heavy atom. The van der Waals surface area contributed by atoms with Gasteiger partial charge in [0.25, 0.3) is 0 Å². The molecule has 1 aliphatic carbocycles. The summed E-state index contributed by atoms with van der Waals surface area (Å²) in [6, 6.07) is 0. The van der Waals surface area contributed by atoms with Crippen molar-refractivity contribution in [1.82, 2.24) is 9.55 Å². The van der Waals surface area contributed by atoms with E-state index in [2.05, 4.69) is 4.98 Å². The van der Waals surface area contributed by atoms with Crippen LogP contribution in [0.2, 0.25) is 0 Å². The van der Waals surface area contributed by atoms with E-state index in [-0.39, 0.29) is 12.0 Å². The maximum absolute atomic E-state index is 9.63. The van der Waals surface area contributed by atoms with Crippen LogP contribution < -0.4 is 0 Å². The molecule has 0 saturated heterocycles. The van der Waals surface area contributed by atoms with Gasteiger partial charge in [-0.2, -0.15) is 0 Å². The van der Waals surface area contributed by atoms with Crippen LogP contribution in [0.15, 0.2) is 12.4 Å². The Labute approximate surface area is 72.0 Å². The van der Waals surface area contributed by atoms with Gasteiger partial charge in [0.15, 0.2) is 0 Å². The molecule has 0 bridgehead atoms. The first-order valence-electron chi connectivity index (χ1n) is 4.44. The molecule has 3 heteroatoms. The summed E-state index contributed by atoms with van der Waals surface area (Å²) in [5.41, 5.74) is 0. The van der Waals surface area contributed by atoms with Gasteiger partial charge in [0.05, 0.1) is 6.10 Å². The molecule has 0 aliphatic heterocycles. The van der Waals surface area contributed by atoms with E-state index in [0.29, 0.717) is 0 Å². The Bertz CT molecular complexity index is 269. The Balaban J connectivity index is 2.24. The first kappa shape index (κ1) is 7.80. The van der Waals surface area contributed by atoms with Crippen LogP contribution in [0.3, 0.4) is 0 Å². The lowest BCUT2D eigenvalue weighted by Crippen LogP contribution is -2.15. The van der Waals surface area contributed by atoms with E-state index in [4.69, 9.17) is 0 Å². The van der Waals surface area contributed by atoms with Crippen LogP contribution in [0.1, 0.15) is 31.0 Å². The van der Waals surface area contributed by atoms with Gasteiger partial charge in [0.2, 0.25) is 0 Å². The van der Waals surface area contributed by atoms with Crippen molar-refractivity contribution in [2.45, 2.75) is 31.3 Å². The molecule has 0 unspecified atom stereocenters. The molecule has 1 aromatic rings. The molecular formula is C9H14N2O. The number of imidazole rings is 1. The smallest absolute Gasteiger partial charge is 0.114 e. The summed E-state index contributed by atoms with van der Waals surface area (Å²) in [5.74, 6) is 1.30. The number of aliphatic hydroxyl groups excluding tert-OH is 1. The zero-order valence-electron chi connectivity index (χ0n) is 7.27. The summed E-state index contributed by atoms with van der Waals surface area (Å²) >= 11 is 0. The standard InChI is InChI=1S/C9H14N2O/c1-11-6-5-10-9(11)7-3-2-4-8(7)12/h5-8,12H,2-4H2,1H3/t7-,8-/m1/s1. The Kier molecular flexibility index (Phi) is 1.89. The molecule has 1 N–H and O–H groups in total. The first-order chi connectivity index (χ1) is 5.79. The third-order valence-corrected chi connectivity index (χ3v) is 2.67. The van der Waals surface area contributed by atoms with Gasteiger partial charge in [0, 0.05) is 25.4 Å². The van der Waals surface area contributed by atoms with Crippen molar-refractivity contribution < 1.29 is 5.11 Å². The van der Waals surface area contributed by atoms with Crippen molar-refractivity contribution in [1.29, 1.82) is 0 Å². The van der Waals surface area contributed by atoms with Gasteiger partial charge in [-0.25, -0.2) is 4.98 Å². The number of aromatic nitrogens is 2. The Hall–Kier alpha value is -0.830. The lowest BCUT2D eigenvalue weighted by Gasteiger charge is -2.13. The minimum absolute atomic E-state index is 0.175. The van der Waals surface area contributed by atoms with Crippen LogP contribution in [0, 0.1) is 0 Å². The van der Waals surface area contributed by atoms with Gasteiger partial charge < -0.3 is 9.67 Å². The second-order valence-electron chi connectivity index (χ2n) is 3.50. The maximum atomic E-state index is 9.63. The van der Waals surface area contributed by atoms with Crippen LogP contribution in [0.5, 0.6) is 0 Å². The van der Waals surface area contributed by atoms with Crippen LogP contribution >= 0.6 is 0 Å². The molecule has 0 aromatic carbocycles. The van der Waals surface area contributed by atoms with Crippen LogP contribution in [0.25, 0.3) is 0 Å². The third-order valence-electron chi connectivity index (χ3n) is 2.67. The maximum Gasteiger partial charge on any atom is 0.114 e. The molecule has 0 spiro atoms. The highest BCUT2D eigenvalue weighted by Gasteiger charge is 2.29. The summed E-state index contributed by atoms with van der Waals surface area (Å²) in [6.45, 7) is 0. The number of nitrogens with zero attached hydrogens (tertiary/aromatic N) is 2. The predicted octanol–water partition coefficient (Wildman–Crippen LogP) is 1.05. The Morgan fingerprint density at radius 3 is 2.92 bits per heavy atom. The molecule has 1 aromatic heterocycles. The highest BCUT2D eigenvalue weighted by atomic mass is 16.3. The van der Waals surface area contributed by atoms with Crippen molar-refractivity contribution in [3.63, 3.8) is 0 Å². The predicted molar refractivity (Wildman–Crippen MR) is 45.8 cm³/mol. The van der Waals surface area contributed by atoms with Gasteiger partial charge in [-0.3, -0.25) is 0 Å². The lowest BCUT2D eigenvalue weighted by molar-refractivity contribution is 0.159. The van der Waals surface area contributed by atoms with Gasteiger partial charge in [-0.05, 0) is 12.8 Å². The quantitative estimate of drug-likeness (QED) is 0.677. The van der Waals surface area contributed by atoms with E-state index in [1.165, 1.54) is 0 Å². The SMILES string of the molecule is Cn1ccnc1[C@@H]1CCC[C@H]1O. The molecule has 1 aliphatic rings. The monoisotopic (exact) mass is 166 g/mol. The molecule has 1 heterocycles. The second-order valence-corrected chi connectivity index (χ2v) is 3.50. The normalized spacial score (nSPS) is 29.5. The highest BCUT2D eigenvalue weighted by Crippen LogP contribution is 2.33. The molecule has 66 valence electrons. The molecule has 2 rings (SSSR count). The topological polar surface area (TPSA) is 38.0 Å². The second kappa shape index (κ2) is 2.90. The fraction of sp³-hybridized carbons (Fsp3) is 0.667. The number of hydrogen-bond acceptors (Lipinski definition) is 2. The van der Waals surface area contributed by atoms with E-state index >= 15 is 0 Å². The summed E-state index contributed by atoms with van der Waals surface area (Å²) in [7, 11) is 1.98. The lowest BCUT2D eigenvalue weighted by atomic mass is 10.1. The van der Waals surface area contributed by atoms with Gasteiger partial charge in [-0.15, -0.1) is 0 Å². The molecule has 1 saturated carbocycles. The Morgan fingerprint density at radius 1 is 1.58 bits per heavy atom. The fourth-order valence-electron chi connectivity index (χ4n) is 1.98. The average molecular weight is 166 g/mol. The van der Waals surface area contributed by atoms with E-state index in [1.807, 2.05) is 17.8 Å². The number of aliphatic hydroxyl groups is 1. The molecular weight excluding hydrogens is 152 g/mol. The minimum Gasteiger partial charge on any atom is -0.392 e. The third kappa shape index (κ3) is 1.14. The fourth-order valence-corrected chi connectivity index (χ4v) is 1.98. The molecule has 1 fully saturated rings. The van der Waals surface area contributed by atoms with Crippen molar-refractivity contribution >= 4 is 0 Å². The van der Waals surface area contributed by atoms with E-state index in [0.717, 1.165) is 25.1 Å². The highest BCUT2D eigenvalue weighted by molar-refractivity contribution is 5.04. The first-order valence-corrected chi connectivity index (χ1v) is 4.44. The number of rotatable bonds is 1. The van der Waals surface area contributed by atoms with Crippen molar-refractivity contribution in [3.05, 3.63) is 18.2 Å². The number of aryl methyl sites for hydroxylation is 1. The summed E-state index contributed by atoms with van der Waals surface area (Å²) < 4.78 is 2.00. The van der Waals surface area contributed by atoms with E-state index in [9.17, 15) is 5.11 Å². The van der Waals surface area contributed by atoms with Crippen LogP contribution in [0.4, 0.5) is 0 Å². The van der Waals surface area contributed by atoms with Gasteiger partial charge in [0.1, 0.15) is 5.82 Å². The average Bonchev–Trinajstić information content (AvgIpc) is 2.59. The molecule has 0 amide bonds. The largest absolute Gasteiger partial charge is 0.392 e. The van der Waals surface area contributed by atoms with Crippen molar-refractivity contribution in [2.75, 3.05) is 0 Å². The molecule has 0 radical (unpaired) electrons.